The van der Waals surface area contributed by atoms with Crippen LogP contribution in [0, 0.1) is 19.8 Å². The number of amides is 1. The quantitative estimate of drug-likeness (QED) is 0.542. The van der Waals surface area contributed by atoms with E-state index in [2.05, 4.69) is 15.2 Å². The average molecular weight is 481 g/mol. The zero-order chi connectivity index (χ0) is 24.3. The molecule has 0 saturated heterocycles. The van der Waals surface area contributed by atoms with Gasteiger partial charge < -0.3 is 24.6 Å². The number of hydrogen-bond donors (Lipinski definition) is 3. The smallest absolute Gasteiger partial charge is 0.267 e. The summed E-state index contributed by atoms with van der Waals surface area (Å²) >= 11 is 0. The third kappa shape index (κ3) is 5.48. The van der Waals surface area contributed by atoms with Crippen LogP contribution < -0.4 is 14.8 Å². The molecule has 11 heteroatoms. The fraction of sp³-hybridized carbons (Fsp3) is 0.545. The van der Waals surface area contributed by atoms with Crippen LogP contribution in [0.15, 0.2) is 27.6 Å². The van der Waals surface area contributed by atoms with E-state index in [4.69, 9.17) is 9.26 Å². The summed E-state index contributed by atoms with van der Waals surface area (Å²) in [6.07, 6.45) is -0.211. The highest BCUT2D eigenvalue weighted by molar-refractivity contribution is 7.92. The van der Waals surface area contributed by atoms with Gasteiger partial charge in [0.05, 0.1) is 19.1 Å². The molecule has 0 fully saturated rings. The Bertz CT molecular complexity index is 1080. The van der Waals surface area contributed by atoms with E-state index in [0.29, 0.717) is 30.1 Å². The van der Waals surface area contributed by atoms with Gasteiger partial charge >= 0.3 is 0 Å². The monoisotopic (exact) mass is 480 g/mol. The molecule has 10 nitrogen and oxygen atoms in total. The number of aromatic nitrogens is 1. The van der Waals surface area contributed by atoms with Crippen molar-refractivity contribution in [2.45, 2.75) is 51.2 Å². The van der Waals surface area contributed by atoms with Crippen molar-refractivity contribution in [3.8, 4) is 5.75 Å². The van der Waals surface area contributed by atoms with Crippen molar-refractivity contribution in [2.24, 2.45) is 5.92 Å². The number of benzene rings is 1. The number of nitrogens with one attached hydrogen (secondary N) is 2. The second kappa shape index (κ2) is 10.1. The molecule has 1 aliphatic heterocycles. The molecule has 3 atom stereocenters. The second-order valence-electron chi connectivity index (χ2n) is 8.53. The van der Waals surface area contributed by atoms with Crippen molar-refractivity contribution in [2.75, 3.05) is 31.5 Å². The summed E-state index contributed by atoms with van der Waals surface area (Å²) in [5.41, 5.74) is 1.12. The van der Waals surface area contributed by atoms with Crippen LogP contribution in [0.25, 0.3) is 0 Å². The summed E-state index contributed by atoms with van der Waals surface area (Å²) in [5.74, 6) is 0.552. The summed E-state index contributed by atoms with van der Waals surface area (Å²) < 4.78 is 39.7. The number of fused-ring (bicyclic) bond motifs is 1. The number of sulfonamides is 1. The lowest BCUT2D eigenvalue weighted by Gasteiger charge is -2.32. The normalized spacial score (nSPS) is 20.3. The number of carbonyl (C=O) groups excluding carboxylic acids is 1. The molecule has 33 heavy (non-hydrogen) atoms. The SMILES string of the molecule is CNC[C@@H]1Oc2ccc(NS(=O)(=O)c3c(C)noc3C)cc2CC(=O)N([C@H](C)CO)C[C@H]1C. The molecule has 1 aromatic heterocycles. The van der Waals surface area contributed by atoms with Crippen molar-refractivity contribution in [1.82, 2.24) is 15.4 Å². The molecule has 1 aliphatic rings. The predicted molar refractivity (Wildman–Crippen MR) is 123 cm³/mol. The first kappa shape index (κ1) is 25.0. The molecule has 3 N–H and O–H groups in total. The van der Waals surface area contributed by atoms with E-state index in [9.17, 15) is 18.3 Å². The van der Waals surface area contributed by atoms with Gasteiger partial charge in [0.2, 0.25) is 5.91 Å². The summed E-state index contributed by atoms with van der Waals surface area (Å²) in [6.45, 7) is 7.74. The lowest BCUT2D eigenvalue weighted by molar-refractivity contribution is -0.134. The van der Waals surface area contributed by atoms with Crippen molar-refractivity contribution in [3.05, 3.63) is 35.2 Å². The highest BCUT2D eigenvalue weighted by Gasteiger charge is 2.31. The zero-order valence-corrected chi connectivity index (χ0v) is 20.4. The third-order valence-corrected chi connectivity index (χ3v) is 7.44. The fourth-order valence-electron chi connectivity index (χ4n) is 4.00. The molecule has 0 saturated carbocycles. The molecule has 0 bridgehead atoms. The Kier molecular flexibility index (Phi) is 7.65. The Morgan fingerprint density at radius 1 is 1.33 bits per heavy atom. The average Bonchev–Trinajstić information content (AvgIpc) is 3.12. The standard InChI is InChI=1S/C22H32N4O6S/c1-13-11-26(14(2)12-27)21(28)9-17-8-18(6-7-19(17)31-20(13)10-23-5)25-33(29,30)22-15(3)24-32-16(22)4/h6-8,13-14,20,23,25,27H,9-12H2,1-5H3/t13-,14-,20+/m1/s1. The number of aryl methyl sites for hydroxylation is 2. The van der Waals surface area contributed by atoms with Crippen LogP contribution in [-0.4, -0.2) is 68.4 Å². The highest BCUT2D eigenvalue weighted by atomic mass is 32.2. The number of hydrogen-bond acceptors (Lipinski definition) is 8. The predicted octanol–water partition coefficient (Wildman–Crippen LogP) is 1.46. The van der Waals surface area contributed by atoms with Crippen LogP contribution in [-0.2, 0) is 21.2 Å². The van der Waals surface area contributed by atoms with Crippen molar-refractivity contribution in [3.63, 3.8) is 0 Å². The van der Waals surface area contributed by atoms with Gasteiger partial charge in [-0.3, -0.25) is 9.52 Å². The lowest BCUT2D eigenvalue weighted by Crippen LogP contribution is -2.47. The van der Waals surface area contributed by atoms with E-state index in [0.717, 1.165) is 0 Å². The first-order chi connectivity index (χ1) is 15.6. The molecule has 0 aliphatic carbocycles. The number of ether oxygens (including phenoxy) is 1. The molecule has 0 radical (unpaired) electrons. The van der Waals surface area contributed by atoms with Crippen molar-refractivity contribution in [1.29, 1.82) is 0 Å². The number of anilines is 1. The van der Waals surface area contributed by atoms with Crippen LogP contribution in [0.4, 0.5) is 5.69 Å². The summed E-state index contributed by atoms with van der Waals surface area (Å²) in [4.78, 5) is 14.8. The van der Waals surface area contributed by atoms with E-state index in [1.165, 1.54) is 6.92 Å². The fourth-order valence-corrected chi connectivity index (χ4v) is 5.38. The van der Waals surface area contributed by atoms with E-state index < -0.39 is 10.0 Å². The van der Waals surface area contributed by atoms with Gasteiger partial charge in [-0.2, -0.15) is 0 Å². The van der Waals surface area contributed by atoms with E-state index in [-0.39, 0.29) is 53.3 Å². The van der Waals surface area contributed by atoms with Gasteiger partial charge in [-0.1, -0.05) is 12.1 Å². The molecule has 0 unspecified atom stereocenters. The van der Waals surface area contributed by atoms with Gasteiger partial charge in [0.25, 0.3) is 10.0 Å². The number of rotatable bonds is 7. The van der Waals surface area contributed by atoms with Crippen LogP contribution in [0.2, 0.25) is 0 Å². The van der Waals surface area contributed by atoms with Crippen LogP contribution in [0.5, 0.6) is 5.75 Å². The van der Waals surface area contributed by atoms with E-state index in [1.807, 2.05) is 14.0 Å². The molecule has 1 aromatic carbocycles. The largest absolute Gasteiger partial charge is 0.488 e. The van der Waals surface area contributed by atoms with Gasteiger partial charge in [0.15, 0.2) is 10.7 Å². The minimum atomic E-state index is -3.94. The van der Waals surface area contributed by atoms with Crippen LogP contribution >= 0.6 is 0 Å². The Labute approximate surface area is 194 Å². The van der Waals surface area contributed by atoms with Gasteiger partial charge in [-0.25, -0.2) is 8.42 Å². The Balaban J connectivity index is 1.98. The molecule has 1 amide bonds. The summed E-state index contributed by atoms with van der Waals surface area (Å²) in [6, 6.07) is 4.54. The maximum atomic E-state index is 13.1. The number of likely N-dealkylation sites (N-methyl/N-ethyl adjacent to an activating group) is 1. The minimum absolute atomic E-state index is 0.000860. The van der Waals surface area contributed by atoms with Gasteiger partial charge in [0.1, 0.15) is 17.5 Å². The number of nitrogens with zero attached hydrogens (tertiary/aromatic N) is 2. The molecule has 182 valence electrons. The van der Waals surface area contributed by atoms with Crippen LogP contribution in [0.3, 0.4) is 0 Å². The third-order valence-electron chi connectivity index (χ3n) is 5.81. The molecule has 2 aromatic rings. The Morgan fingerprint density at radius 2 is 2.06 bits per heavy atom. The molecule has 2 heterocycles. The van der Waals surface area contributed by atoms with Gasteiger partial charge in [0, 0.05) is 30.3 Å². The first-order valence-electron chi connectivity index (χ1n) is 10.9. The number of aliphatic hydroxyl groups is 1. The lowest BCUT2D eigenvalue weighted by atomic mass is 10.0. The second-order valence-corrected chi connectivity index (χ2v) is 10.1. The maximum absolute atomic E-state index is 13.1. The molecular formula is C22H32N4O6S. The molecular weight excluding hydrogens is 448 g/mol. The zero-order valence-electron chi connectivity index (χ0n) is 19.6. The van der Waals surface area contributed by atoms with Gasteiger partial charge in [-0.05, 0) is 46.0 Å². The first-order valence-corrected chi connectivity index (χ1v) is 12.4. The highest BCUT2D eigenvalue weighted by Crippen LogP contribution is 2.30. The Hall–Kier alpha value is -2.63. The van der Waals surface area contributed by atoms with E-state index >= 15 is 0 Å². The van der Waals surface area contributed by atoms with Crippen LogP contribution in [0.1, 0.15) is 30.9 Å². The Morgan fingerprint density at radius 3 is 2.67 bits per heavy atom. The topological polar surface area (TPSA) is 134 Å². The minimum Gasteiger partial charge on any atom is -0.488 e. The summed E-state index contributed by atoms with van der Waals surface area (Å²) in [5, 5.41) is 16.5. The number of aliphatic hydroxyl groups excluding tert-OH is 1. The van der Waals surface area contributed by atoms with Crippen molar-refractivity contribution < 1.29 is 27.6 Å². The number of carbonyl (C=O) groups is 1. The molecule has 3 rings (SSSR count). The molecule has 0 spiro atoms. The van der Waals surface area contributed by atoms with Gasteiger partial charge in [-0.15, -0.1) is 0 Å². The van der Waals surface area contributed by atoms with Crippen molar-refractivity contribution >= 4 is 21.6 Å². The van der Waals surface area contributed by atoms with E-state index in [1.54, 1.807) is 36.9 Å². The summed E-state index contributed by atoms with van der Waals surface area (Å²) in [7, 11) is -2.11. The maximum Gasteiger partial charge on any atom is 0.267 e.